The number of nitriles is 1. The summed E-state index contributed by atoms with van der Waals surface area (Å²) < 4.78 is 0. The van der Waals surface area contributed by atoms with Crippen LogP contribution in [0.25, 0.3) is 0 Å². The Morgan fingerprint density at radius 2 is 1.95 bits per heavy atom. The van der Waals surface area contributed by atoms with Gasteiger partial charge >= 0.3 is 0 Å². The van der Waals surface area contributed by atoms with Crippen LogP contribution < -0.4 is 4.90 Å². The minimum atomic E-state index is 0.591. The minimum Gasteiger partial charge on any atom is -0.351 e. The number of hydrogen-bond acceptors (Lipinski definition) is 6. The van der Waals surface area contributed by atoms with E-state index >= 15 is 0 Å². The highest BCUT2D eigenvalue weighted by atomic mass is 15.4. The van der Waals surface area contributed by atoms with Gasteiger partial charge in [-0.15, -0.1) is 5.10 Å². The zero-order chi connectivity index (χ0) is 14.8. The van der Waals surface area contributed by atoms with Gasteiger partial charge in [-0.25, -0.2) is 0 Å². The number of aromatic nitrogens is 2. The fourth-order valence-corrected chi connectivity index (χ4v) is 3.12. The van der Waals surface area contributed by atoms with E-state index in [1.165, 1.54) is 0 Å². The lowest BCUT2D eigenvalue weighted by Crippen LogP contribution is -2.63. The molecule has 6 heteroatoms. The molecule has 0 saturated carbocycles. The average Bonchev–Trinajstić information content (AvgIpc) is 2.47. The molecule has 2 fully saturated rings. The van der Waals surface area contributed by atoms with Gasteiger partial charge in [0.25, 0.3) is 0 Å². The van der Waals surface area contributed by atoms with Crippen LogP contribution in [0.15, 0.2) is 12.3 Å². The summed E-state index contributed by atoms with van der Waals surface area (Å²) in [6.07, 6.45) is 1.57. The zero-order valence-electron chi connectivity index (χ0n) is 12.7. The maximum Gasteiger partial charge on any atom is 0.169 e. The molecular weight excluding hydrogens is 264 g/mol. The Balaban J connectivity index is 1.54. The molecule has 3 heterocycles. The second-order valence-electron chi connectivity index (χ2n) is 6.10. The van der Waals surface area contributed by atoms with E-state index in [4.69, 9.17) is 5.26 Å². The van der Waals surface area contributed by atoms with E-state index in [-0.39, 0.29) is 0 Å². The Bertz CT molecular complexity index is 523. The summed E-state index contributed by atoms with van der Waals surface area (Å²) >= 11 is 0. The van der Waals surface area contributed by atoms with Crippen LogP contribution in [0.4, 0.5) is 5.82 Å². The SMILES string of the molecule is CC(C)N1CCN(C2CN(c3nnccc3C#N)C2)CC1. The molecule has 0 radical (unpaired) electrons. The van der Waals surface area contributed by atoms with Crippen molar-refractivity contribution in [3.8, 4) is 6.07 Å². The molecule has 0 spiro atoms. The fraction of sp³-hybridized carbons (Fsp3) is 0.667. The number of nitrogens with zero attached hydrogens (tertiary/aromatic N) is 6. The van der Waals surface area contributed by atoms with Crippen LogP contribution in [0.5, 0.6) is 0 Å². The highest BCUT2D eigenvalue weighted by Crippen LogP contribution is 2.25. The van der Waals surface area contributed by atoms with E-state index in [0.717, 1.165) is 45.1 Å². The maximum absolute atomic E-state index is 9.12. The van der Waals surface area contributed by atoms with Gasteiger partial charge in [-0.3, -0.25) is 9.80 Å². The molecule has 0 bridgehead atoms. The normalized spacial score (nSPS) is 21.3. The smallest absolute Gasteiger partial charge is 0.169 e. The predicted molar refractivity (Wildman–Crippen MR) is 81.0 cm³/mol. The van der Waals surface area contributed by atoms with Crippen molar-refractivity contribution in [3.05, 3.63) is 17.8 Å². The molecule has 0 amide bonds. The van der Waals surface area contributed by atoms with Crippen molar-refractivity contribution in [3.63, 3.8) is 0 Å². The molecule has 1 aromatic heterocycles. The van der Waals surface area contributed by atoms with E-state index in [0.29, 0.717) is 17.6 Å². The summed E-state index contributed by atoms with van der Waals surface area (Å²) in [5.74, 6) is 0.733. The Morgan fingerprint density at radius 1 is 1.24 bits per heavy atom. The Labute approximate surface area is 126 Å². The molecule has 0 unspecified atom stereocenters. The third kappa shape index (κ3) is 2.85. The van der Waals surface area contributed by atoms with E-state index in [9.17, 15) is 0 Å². The van der Waals surface area contributed by atoms with Crippen LogP contribution >= 0.6 is 0 Å². The van der Waals surface area contributed by atoms with Gasteiger partial charge in [-0.05, 0) is 19.9 Å². The second kappa shape index (κ2) is 5.96. The van der Waals surface area contributed by atoms with E-state index < -0.39 is 0 Å². The van der Waals surface area contributed by atoms with Crippen molar-refractivity contribution in [2.24, 2.45) is 0 Å². The Hall–Kier alpha value is -1.71. The lowest BCUT2D eigenvalue weighted by atomic mass is 10.0. The van der Waals surface area contributed by atoms with Crippen molar-refractivity contribution >= 4 is 5.82 Å². The molecule has 6 nitrogen and oxygen atoms in total. The van der Waals surface area contributed by atoms with E-state index in [1.807, 2.05) is 0 Å². The van der Waals surface area contributed by atoms with Crippen molar-refractivity contribution in [2.45, 2.75) is 25.9 Å². The third-order valence-corrected chi connectivity index (χ3v) is 4.58. The van der Waals surface area contributed by atoms with E-state index in [2.05, 4.69) is 44.8 Å². The molecule has 112 valence electrons. The maximum atomic E-state index is 9.12. The summed E-state index contributed by atoms with van der Waals surface area (Å²) in [7, 11) is 0. The predicted octanol–water partition coefficient (Wildman–Crippen LogP) is 0.563. The van der Waals surface area contributed by atoms with Crippen molar-refractivity contribution < 1.29 is 0 Å². The molecule has 2 aliphatic rings. The number of anilines is 1. The van der Waals surface area contributed by atoms with Crippen LogP contribution in [-0.2, 0) is 0 Å². The van der Waals surface area contributed by atoms with Crippen LogP contribution in [0.1, 0.15) is 19.4 Å². The van der Waals surface area contributed by atoms with Gasteiger partial charge in [0.2, 0.25) is 0 Å². The highest BCUT2D eigenvalue weighted by molar-refractivity contribution is 5.54. The van der Waals surface area contributed by atoms with Gasteiger partial charge < -0.3 is 4.90 Å². The van der Waals surface area contributed by atoms with Crippen molar-refractivity contribution in [1.29, 1.82) is 5.26 Å². The van der Waals surface area contributed by atoms with Crippen molar-refractivity contribution in [2.75, 3.05) is 44.2 Å². The molecule has 2 saturated heterocycles. The summed E-state index contributed by atoms with van der Waals surface area (Å²) in [6.45, 7) is 11.0. The number of piperazine rings is 1. The van der Waals surface area contributed by atoms with Crippen LogP contribution in [0.3, 0.4) is 0 Å². The molecule has 21 heavy (non-hydrogen) atoms. The monoisotopic (exact) mass is 286 g/mol. The molecule has 3 rings (SSSR count). The van der Waals surface area contributed by atoms with Crippen LogP contribution in [0.2, 0.25) is 0 Å². The Kier molecular flexibility index (Phi) is 4.04. The summed E-state index contributed by atoms with van der Waals surface area (Å²) in [5, 5.41) is 17.1. The topological polar surface area (TPSA) is 59.3 Å². The largest absolute Gasteiger partial charge is 0.351 e. The first-order valence-corrected chi connectivity index (χ1v) is 7.64. The molecule has 2 aliphatic heterocycles. The first-order valence-electron chi connectivity index (χ1n) is 7.64. The van der Waals surface area contributed by atoms with Gasteiger partial charge in [0, 0.05) is 51.4 Å². The summed E-state index contributed by atoms with van der Waals surface area (Å²) in [5.41, 5.74) is 0.619. The molecular formula is C15H22N6. The third-order valence-electron chi connectivity index (χ3n) is 4.58. The van der Waals surface area contributed by atoms with Gasteiger partial charge in [0.15, 0.2) is 5.82 Å². The Morgan fingerprint density at radius 3 is 2.57 bits per heavy atom. The molecule has 0 aromatic carbocycles. The molecule has 0 atom stereocenters. The summed E-state index contributed by atoms with van der Waals surface area (Å²) in [6, 6.07) is 5.16. The zero-order valence-corrected chi connectivity index (χ0v) is 12.7. The summed E-state index contributed by atoms with van der Waals surface area (Å²) in [4.78, 5) is 7.26. The lowest BCUT2D eigenvalue weighted by molar-refractivity contribution is 0.0676. The lowest BCUT2D eigenvalue weighted by Gasteiger charge is -2.49. The van der Waals surface area contributed by atoms with Gasteiger partial charge in [-0.1, -0.05) is 0 Å². The van der Waals surface area contributed by atoms with Crippen LogP contribution in [0, 0.1) is 11.3 Å². The number of hydrogen-bond donors (Lipinski definition) is 0. The van der Waals surface area contributed by atoms with Gasteiger partial charge in [0.05, 0.1) is 11.8 Å². The average molecular weight is 286 g/mol. The van der Waals surface area contributed by atoms with Crippen molar-refractivity contribution in [1.82, 2.24) is 20.0 Å². The standard InChI is InChI=1S/C15H22N6/c1-12(2)19-5-7-20(8-6-19)14-10-21(11-14)15-13(9-16)3-4-17-18-15/h3-4,12,14H,5-8,10-11H2,1-2H3. The first-order chi connectivity index (χ1) is 10.2. The van der Waals surface area contributed by atoms with Gasteiger partial charge in [0.1, 0.15) is 6.07 Å². The number of rotatable bonds is 3. The first kappa shape index (κ1) is 14.2. The molecule has 1 aromatic rings. The highest BCUT2D eigenvalue weighted by Gasteiger charge is 2.35. The second-order valence-corrected chi connectivity index (χ2v) is 6.10. The molecule has 0 N–H and O–H groups in total. The fourth-order valence-electron chi connectivity index (χ4n) is 3.12. The quantitative estimate of drug-likeness (QED) is 0.809. The molecule has 0 aliphatic carbocycles. The van der Waals surface area contributed by atoms with Crippen LogP contribution in [-0.4, -0.2) is 71.3 Å². The minimum absolute atomic E-state index is 0.591. The van der Waals surface area contributed by atoms with E-state index in [1.54, 1.807) is 12.3 Å². The van der Waals surface area contributed by atoms with Gasteiger partial charge in [-0.2, -0.15) is 10.4 Å².